The van der Waals surface area contributed by atoms with E-state index in [0.717, 1.165) is 0 Å². The summed E-state index contributed by atoms with van der Waals surface area (Å²) in [6.45, 7) is 21.6. The van der Waals surface area contributed by atoms with Crippen LogP contribution in [0.25, 0.3) is 0 Å². The second-order valence-corrected chi connectivity index (χ2v) is 24.5. The van der Waals surface area contributed by atoms with E-state index in [9.17, 15) is 0 Å². The minimum Gasteiger partial charge on any atom is -0.439 e. The van der Waals surface area contributed by atoms with Crippen molar-refractivity contribution < 1.29 is 16.5 Å². The Labute approximate surface area is 126 Å². The van der Waals surface area contributed by atoms with Crippen LogP contribution in [0.4, 0.5) is 0 Å². The summed E-state index contributed by atoms with van der Waals surface area (Å²) in [5.41, 5.74) is 0. The third kappa shape index (κ3) is 12.4. The Morgan fingerprint density at radius 3 is 1.00 bits per heavy atom. The van der Waals surface area contributed by atoms with Gasteiger partial charge in [-0.1, -0.05) is 0 Å². The van der Waals surface area contributed by atoms with Crippen molar-refractivity contribution in [3.8, 4) is 0 Å². The van der Waals surface area contributed by atoms with Gasteiger partial charge in [0.2, 0.25) is 0 Å². The van der Waals surface area contributed by atoms with E-state index in [1.165, 1.54) is 0 Å². The van der Waals surface area contributed by atoms with Gasteiger partial charge in [-0.05, 0) is 65.5 Å². The van der Waals surface area contributed by atoms with Crippen molar-refractivity contribution in [2.75, 3.05) is 0 Å². The lowest BCUT2D eigenvalue weighted by molar-refractivity contribution is 0.328. The van der Waals surface area contributed by atoms with Gasteiger partial charge < -0.3 is 16.5 Å². The van der Waals surface area contributed by atoms with Crippen LogP contribution in [-0.4, -0.2) is 43.8 Å². The molecule has 19 heavy (non-hydrogen) atoms. The molecule has 0 saturated carbocycles. The summed E-state index contributed by atoms with van der Waals surface area (Å²) >= 11 is 0. The van der Waals surface area contributed by atoms with E-state index >= 15 is 0 Å². The Morgan fingerprint density at radius 1 is 0.526 bits per heavy atom. The SMILES string of the molecule is C[SiH](O[Si](C)(C)C)O[Si](C)(C)O[SiH](C)O[Si](C)(C)C. The second-order valence-electron chi connectivity index (χ2n) is 7.23. The van der Waals surface area contributed by atoms with Crippen LogP contribution in [-0.2, 0) is 16.5 Å². The molecule has 0 heterocycles. The van der Waals surface area contributed by atoms with Crippen LogP contribution in [0.1, 0.15) is 0 Å². The molecule has 4 nitrogen and oxygen atoms in total. The zero-order chi connectivity index (χ0) is 15.5. The molecule has 0 bridgehead atoms. The molecule has 0 radical (unpaired) electrons. The summed E-state index contributed by atoms with van der Waals surface area (Å²) in [7, 11) is -8.30. The first-order valence-corrected chi connectivity index (χ1v) is 20.7. The molecule has 0 saturated heterocycles. The van der Waals surface area contributed by atoms with Gasteiger partial charge in [-0.15, -0.1) is 0 Å². The van der Waals surface area contributed by atoms with Gasteiger partial charge in [0.1, 0.15) is 0 Å². The average Bonchev–Trinajstić information content (AvgIpc) is 1.89. The van der Waals surface area contributed by atoms with Crippen molar-refractivity contribution in [1.29, 1.82) is 0 Å². The predicted octanol–water partition coefficient (Wildman–Crippen LogP) is 3.13. The molecule has 0 aliphatic heterocycles. The first-order chi connectivity index (χ1) is 8.20. The molecular weight excluding hydrogens is 325 g/mol. The molecule has 0 aromatic carbocycles. The highest BCUT2D eigenvalue weighted by molar-refractivity contribution is 6.82. The zero-order valence-electron chi connectivity index (χ0n) is 14.3. The monoisotopic (exact) mass is 356 g/mol. The standard InChI is InChI=1S/C10H32O4Si5/c1-15(11-17(3,4)5)13-19(9,10)14-16(2)12-18(6,7)8/h15-16H,1-10H3. The van der Waals surface area contributed by atoms with Gasteiger partial charge in [0.15, 0.2) is 16.6 Å². The lowest BCUT2D eigenvalue weighted by atomic mass is 11.8. The summed E-state index contributed by atoms with van der Waals surface area (Å²) in [5, 5.41) is 0. The highest BCUT2D eigenvalue weighted by atomic mass is 28.5. The lowest BCUT2D eigenvalue weighted by Gasteiger charge is -2.33. The molecule has 0 aliphatic carbocycles. The predicted molar refractivity (Wildman–Crippen MR) is 94.5 cm³/mol. The second kappa shape index (κ2) is 7.27. The van der Waals surface area contributed by atoms with Crippen molar-refractivity contribution in [2.24, 2.45) is 0 Å². The molecule has 0 fully saturated rings. The smallest absolute Gasteiger partial charge is 0.313 e. The van der Waals surface area contributed by atoms with Crippen molar-refractivity contribution in [3.05, 3.63) is 0 Å². The summed E-state index contributed by atoms with van der Waals surface area (Å²) in [5.74, 6) is 0. The molecule has 0 aromatic rings. The minimum atomic E-state index is -2.11. The Morgan fingerprint density at radius 2 is 0.789 bits per heavy atom. The number of hydrogen-bond donors (Lipinski definition) is 0. The van der Waals surface area contributed by atoms with Gasteiger partial charge in [0, 0.05) is 0 Å². The van der Waals surface area contributed by atoms with Crippen LogP contribution in [0, 0.1) is 0 Å². The van der Waals surface area contributed by atoms with Crippen molar-refractivity contribution in [3.63, 3.8) is 0 Å². The normalized spacial score (nSPS) is 17.4. The summed E-state index contributed by atoms with van der Waals surface area (Å²) in [4.78, 5) is 0. The van der Waals surface area contributed by atoms with Crippen LogP contribution in [0.5, 0.6) is 0 Å². The Bertz CT molecular complexity index is 248. The van der Waals surface area contributed by atoms with Crippen molar-refractivity contribution in [1.82, 2.24) is 0 Å². The van der Waals surface area contributed by atoms with Crippen LogP contribution >= 0.6 is 0 Å². The molecular formula is C10H32O4Si5. The Kier molecular flexibility index (Phi) is 7.62. The van der Waals surface area contributed by atoms with Crippen LogP contribution < -0.4 is 0 Å². The topological polar surface area (TPSA) is 36.9 Å². The Hall–Kier alpha value is 0.924. The summed E-state index contributed by atoms with van der Waals surface area (Å²) in [6.07, 6.45) is 0. The van der Waals surface area contributed by atoms with E-state index in [1.807, 2.05) is 0 Å². The molecule has 0 rings (SSSR count). The molecule has 0 aliphatic rings. The van der Waals surface area contributed by atoms with Gasteiger partial charge >= 0.3 is 8.56 Å². The van der Waals surface area contributed by atoms with Crippen molar-refractivity contribution in [2.45, 2.75) is 65.5 Å². The lowest BCUT2D eigenvalue weighted by Crippen LogP contribution is -2.49. The summed E-state index contributed by atoms with van der Waals surface area (Å²) in [6, 6.07) is 0. The highest BCUT2D eigenvalue weighted by Crippen LogP contribution is 2.16. The number of rotatable bonds is 8. The van der Waals surface area contributed by atoms with Crippen molar-refractivity contribution >= 4 is 43.8 Å². The average molecular weight is 357 g/mol. The van der Waals surface area contributed by atoms with E-state index in [0.29, 0.717) is 0 Å². The highest BCUT2D eigenvalue weighted by Gasteiger charge is 2.33. The maximum absolute atomic E-state index is 6.14. The molecule has 116 valence electrons. The van der Waals surface area contributed by atoms with Gasteiger partial charge in [-0.2, -0.15) is 0 Å². The van der Waals surface area contributed by atoms with E-state index in [1.54, 1.807) is 0 Å². The van der Waals surface area contributed by atoms with Crippen LogP contribution in [0.3, 0.4) is 0 Å². The fourth-order valence-corrected chi connectivity index (χ4v) is 18.2. The van der Waals surface area contributed by atoms with Gasteiger partial charge in [-0.25, -0.2) is 0 Å². The maximum Gasteiger partial charge on any atom is 0.313 e. The van der Waals surface area contributed by atoms with E-state index < -0.39 is 43.8 Å². The van der Waals surface area contributed by atoms with E-state index in [4.69, 9.17) is 16.5 Å². The van der Waals surface area contributed by atoms with E-state index in [-0.39, 0.29) is 0 Å². The number of hydrogen-bond acceptors (Lipinski definition) is 4. The van der Waals surface area contributed by atoms with E-state index in [2.05, 4.69) is 65.5 Å². The third-order valence-corrected chi connectivity index (χ3v) is 17.4. The molecule has 0 N–H and O–H groups in total. The minimum absolute atomic E-state index is 1.51. The van der Waals surface area contributed by atoms with Gasteiger partial charge in [0.25, 0.3) is 18.6 Å². The quantitative estimate of drug-likeness (QED) is 0.626. The largest absolute Gasteiger partial charge is 0.439 e. The van der Waals surface area contributed by atoms with Crippen LogP contribution in [0.2, 0.25) is 65.5 Å². The molecule has 0 spiro atoms. The first-order valence-electron chi connectivity index (χ1n) is 6.91. The zero-order valence-corrected chi connectivity index (χ0v) is 19.6. The first kappa shape index (κ1) is 19.9. The summed E-state index contributed by atoms with van der Waals surface area (Å²) < 4.78 is 24.4. The Balaban J connectivity index is 4.31. The third-order valence-electron chi connectivity index (χ3n) is 1.94. The van der Waals surface area contributed by atoms with Gasteiger partial charge in [0.05, 0.1) is 0 Å². The fourth-order valence-electron chi connectivity index (χ4n) is 1.87. The molecule has 0 aromatic heterocycles. The maximum atomic E-state index is 6.14. The van der Waals surface area contributed by atoms with Gasteiger partial charge in [-0.3, -0.25) is 0 Å². The molecule has 9 heteroatoms. The molecule has 2 atom stereocenters. The molecule has 0 amide bonds. The fraction of sp³-hybridized carbons (Fsp3) is 1.00. The van der Waals surface area contributed by atoms with Crippen LogP contribution in [0.15, 0.2) is 0 Å². The molecule has 2 unspecified atom stereocenters.